The van der Waals surface area contributed by atoms with Gasteiger partial charge in [0.2, 0.25) is 0 Å². The number of hydrogen-bond donors (Lipinski definition) is 2. The summed E-state index contributed by atoms with van der Waals surface area (Å²) in [5, 5.41) is 33.1. The molecule has 0 amide bonds. The van der Waals surface area contributed by atoms with Crippen molar-refractivity contribution >= 4 is 0 Å². The highest BCUT2D eigenvalue weighted by atomic mass is 19.2. The number of rotatable bonds is 7. The van der Waals surface area contributed by atoms with Gasteiger partial charge in [0.05, 0.1) is 43.2 Å². The quantitative estimate of drug-likeness (QED) is 0.493. The highest BCUT2D eigenvalue weighted by molar-refractivity contribution is 5.59. The van der Waals surface area contributed by atoms with Crippen molar-refractivity contribution in [1.29, 1.82) is 0 Å². The molecule has 10 nitrogen and oxygen atoms in total. The first-order valence-corrected chi connectivity index (χ1v) is 11.6. The molecular formula is C24H28F2N4O6. The minimum atomic E-state index is -1.22. The molecule has 0 saturated carbocycles. The van der Waals surface area contributed by atoms with Gasteiger partial charge in [0.25, 0.3) is 0 Å². The van der Waals surface area contributed by atoms with Crippen molar-refractivity contribution in [2.45, 2.75) is 56.1 Å². The molecule has 0 radical (unpaired) electrons. The Morgan fingerprint density at radius 3 is 2.67 bits per heavy atom. The van der Waals surface area contributed by atoms with E-state index < -0.39 is 48.7 Å². The number of benzene rings is 1. The van der Waals surface area contributed by atoms with E-state index in [2.05, 4.69) is 15.5 Å². The average Bonchev–Trinajstić information content (AvgIpc) is 3.52. The zero-order chi connectivity index (χ0) is 25.6. The van der Waals surface area contributed by atoms with Crippen LogP contribution in [0.5, 0.6) is 0 Å². The van der Waals surface area contributed by atoms with Crippen molar-refractivity contribution < 1.29 is 37.7 Å². The third-order valence-corrected chi connectivity index (χ3v) is 7.02. The molecule has 2 aliphatic rings. The highest BCUT2D eigenvalue weighted by Gasteiger charge is 2.47. The summed E-state index contributed by atoms with van der Waals surface area (Å²) >= 11 is 0. The maximum absolute atomic E-state index is 14.6. The number of aromatic nitrogens is 4. The molecule has 12 heteroatoms. The number of halogens is 2. The van der Waals surface area contributed by atoms with Crippen LogP contribution in [0.25, 0.3) is 11.3 Å². The Bertz CT molecular complexity index is 1230. The summed E-state index contributed by atoms with van der Waals surface area (Å²) in [6, 6.07) is 3.87. The minimum absolute atomic E-state index is 0.0576. The van der Waals surface area contributed by atoms with Crippen molar-refractivity contribution in [2.75, 3.05) is 26.9 Å². The van der Waals surface area contributed by atoms with Crippen molar-refractivity contribution in [2.24, 2.45) is 0 Å². The molecule has 194 valence electrons. The molecular weight excluding hydrogens is 478 g/mol. The van der Waals surface area contributed by atoms with E-state index in [0.29, 0.717) is 19.0 Å². The number of hydrogen-bond acceptors (Lipinski definition) is 9. The van der Waals surface area contributed by atoms with Crippen molar-refractivity contribution in [3.8, 4) is 11.3 Å². The fourth-order valence-corrected chi connectivity index (χ4v) is 4.77. The van der Waals surface area contributed by atoms with Crippen LogP contribution in [0.2, 0.25) is 0 Å². The van der Waals surface area contributed by atoms with Crippen molar-refractivity contribution in [3.63, 3.8) is 0 Å². The first-order chi connectivity index (χ1) is 17.3. The lowest BCUT2D eigenvalue weighted by Crippen LogP contribution is -2.57. The lowest BCUT2D eigenvalue weighted by molar-refractivity contribution is -0.212. The molecule has 0 bridgehead atoms. The Morgan fingerprint density at radius 1 is 1.22 bits per heavy atom. The Balaban J connectivity index is 1.43. The highest BCUT2D eigenvalue weighted by Crippen LogP contribution is 2.36. The Labute approximate surface area is 205 Å². The van der Waals surface area contributed by atoms with Crippen LogP contribution in [-0.2, 0) is 26.0 Å². The summed E-state index contributed by atoms with van der Waals surface area (Å²) < 4.78 is 52.5. The maximum atomic E-state index is 14.6. The van der Waals surface area contributed by atoms with E-state index >= 15 is 0 Å². The fourth-order valence-electron chi connectivity index (χ4n) is 4.77. The van der Waals surface area contributed by atoms with E-state index in [4.69, 9.17) is 18.7 Å². The van der Waals surface area contributed by atoms with Crippen LogP contribution in [-0.4, -0.2) is 81.7 Å². The molecule has 0 aliphatic carbocycles. The summed E-state index contributed by atoms with van der Waals surface area (Å²) in [6.45, 7) is 4.15. The SMILES string of the molecule is CO[C@@H]1[C@@H](n2cc(-c3ccc(C)c(F)c3F)nn2)[C@@H](O)[C@@H](CO)O[C@@H]1Cc1cc(C2(C)COC2)no1. The summed E-state index contributed by atoms with van der Waals surface area (Å²) in [4.78, 5) is 0. The lowest BCUT2D eigenvalue weighted by atomic mass is 9.84. The molecule has 5 atom stereocenters. The van der Waals surface area contributed by atoms with Crippen LogP contribution in [0.15, 0.2) is 28.9 Å². The third-order valence-electron chi connectivity index (χ3n) is 7.02. The van der Waals surface area contributed by atoms with Crippen molar-refractivity contribution in [1.82, 2.24) is 20.2 Å². The number of aryl methyl sites for hydroxylation is 1. The summed E-state index contributed by atoms with van der Waals surface area (Å²) in [7, 11) is 1.46. The number of methoxy groups -OCH3 is 1. The van der Waals surface area contributed by atoms with E-state index in [0.717, 1.165) is 5.69 Å². The number of nitrogens with zero attached hydrogens (tertiary/aromatic N) is 4. The monoisotopic (exact) mass is 506 g/mol. The first kappa shape index (κ1) is 24.9. The minimum Gasteiger partial charge on any atom is -0.394 e. The smallest absolute Gasteiger partial charge is 0.168 e. The van der Waals surface area contributed by atoms with Gasteiger partial charge in [0, 0.05) is 25.2 Å². The van der Waals surface area contributed by atoms with Gasteiger partial charge in [-0.1, -0.05) is 16.4 Å². The standard InChI is InChI=1S/C24H28F2N4O6/c1-12-4-5-14(20(26)19(12)25)15-8-30(29-27-15)21-22(32)17(9-31)35-16(23(21)33-3)6-13-7-18(28-36-13)24(2)10-34-11-24/h4-5,7-8,16-17,21-23,31-32H,6,9-11H2,1-3H3/t16-,17-,21+,22+,23+/m1/s1. The Hall–Kier alpha value is -2.77. The molecule has 2 aromatic heterocycles. The number of aliphatic hydroxyl groups is 2. The average molecular weight is 507 g/mol. The van der Waals surface area contributed by atoms with Crippen LogP contribution < -0.4 is 0 Å². The molecule has 2 N–H and O–H groups in total. The van der Waals surface area contributed by atoms with Gasteiger partial charge in [-0.05, 0) is 25.5 Å². The maximum Gasteiger partial charge on any atom is 0.168 e. The second-order valence-corrected chi connectivity index (χ2v) is 9.65. The van der Waals surface area contributed by atoms with Crippen LogP contribution in [0.1, 0.15) is 30.0 Å². The van der Waals surface area contributed by atoms with E-state index in [1.165, 1.54) is 37.0 Å². The predicted molar refractivity (Wildman–Crippen MR) is 120 cm³/mol. The van der Waals surface area contributed by atoms with Gasteiger partial charge in [-0.2, -0.15) is 0 Å². The lowest BCUT2D eigenvalue weighted by Gasteiger charge is -2.43. The predicted octanol–water partition coefficient (Wildman–Crippen LogP) is 1.73. The van der Waals surface area contributed by atoms with Gasteiger partial charge < -0.3 is 28.9 Å². The van der Waals surface area contributed by atoms with E-state index in [9.17, 15) is 19.0 Å². The number of aliphatic hydroxyl groups excluding tert-OH is 2. The molecule has 3 aromatic rings. The third kappa shape index (κ3) is 4.22. The molecule has 0 spiro atoms. The molecule has 2 fully saturated rings. The van der Waals surface area contributed by atoms with Gasteiger partial charge in [-0.25, -0.2) is 13.5 Å². The number of ether oxygens (including phenoxy) is 3. The van der Waals surface area contributed by atoms with Gasteiger partial charge in [-0.15, -0.1) is 5.10 Å². The van der Waals surface area contributed by atoms with Gasteiger partial charge in [-0.3, -0.25) is 0 Å². The van der Waals surface area contributed by atoms with Crippen LogP contribution in [0, 0.1) is 18.6 Å². The molecule has 36 heavy (non-hydrogen) atoms. The van der Waals surface area contributed by atoms with Crippen LogP contribution in [0.3, 0.4) is 0 Å². The van der Waals surface area contributed by atoms with Gasteiger partial charge >= 0.3 is 0 Å². The van der Waals surface area contributed by atoms with Crippen LogP contribution >= 0.6 is 0 Å². The van der Waals surface area contributed by atoms with Crippen molar-refractivity contribution in [3.05, 3.63) is 53.0 Å². The first-order valence-electron chi connectivity index (χ1n) is 11.6. The molecule has 5 rings (SSSR count). The van der Waals surface area contributed by atoms with Gasteiger partial charge in [0.15, 0.2) is 11.6 Å². The van der Waals surface area contributed by atoms with E-state index in [-0.39, 0.29) is 28.7 Å². The molecule has 2 aliphatic heterocycles. The topological polar surface area (TPSA) is 125 Å². The van der Waals surface area contributed by atoms with Gasteiger partial charge in [0.1, 0.15) is 35.8 Å². The molecule has 2 saturated heterocycles. The molecule has 4 heterocycles. The fraction of sp³-hybridized carbons (Fsp3) is 0.542. The molecule has 1 aromatic carbocycles. The zero-order valence-electron chi connectivity index (χ0n) is 20.1. The second-order valence-electron chi connectivity index (χ2n) is 9.65. The second kappa shape index (κ2) is 9.60. The summed E-state index contributed by atoms with van der Waals surface area (Å²) in [5.41, 5.74) is 0.776. The van der Waals surface area contributed by atoms with Crippen LogP contribution in [0.4, 0.5) is 8.78 Å². The normalized spacial score (nSPS) is 27.7. The molecule has 0 unspecified atom stereocenters. The van der Waals surface area contributed by atoms with E-state index in [1.807, 2.05) is 13.0 Å². The zero-order valence-corrected chi connectivity index (χ0v) is 20.1. The summed E-state index contributed by atoms with van der Waals surface area (Å²) in [6.07, 6.45) is -1.90. The summed E-state index contributed by atoms with van der Waals surface area (Å²) in [5.74, 6) is -1.44. The Kier molecular flexibility index (Phi) is 6.64. The Morgan fingerprint density at radius 2 is 2.00 bits per heavy atom. The largest absolute Gasteiger partial charge is 0.394 e. The van der Waals surface area contributed by atoms with E-state index in [1.54, 1.807) is 0 Å².